The number of nitrogens with one attached hydrogen (secondary N) is 1. The van der Waals surface area contributed by atoms with Crippen LogP contribution in [-0.4, -0.2) is 6.54 Å². The highest BCUT2D eigenvalue weighted by atomic mass is 79.9. The molecule has 0 heterocycles. The molecule has 0 aliphatic heterocycles. The van der Waals surface area contributed by atoms with Gasteiger partial charge in [0, 0.05) is 6.04 Å². The van der Waals surface area contributed by atoms with E-state index >= 15 is 0 Å². The van der Waals surface area contributed by atoms with Gasteiger partial charge in [-0.3, -0.25) is 0 Å². The van der Waals surface area contributed by atoms with Gasteiger partial charge in [0.1, 0.15) is 5.82 Å². The van der Waals surface area contributed by atoms with Crippen LogP contribution in [0.25, 0.3) is 0 Å². The normalized spacial score (nSPS) is 14.8. The molecule has 0 aliphatic rings. The highest BCUT2D eigenvalue weighted by Gasteiger charge is 2.08. The second-order valence-electron chi connectivity index (χ2n) is 4.32. The van der Waals surface area contributed by atoms with Gasteiger partial charge in [0.15, 0.2) is 0 Å². The van der Waals surface area contributed by atoms with Crippen molar-refractivity contribution in [1.29, 1.82) is 0 Å². The summed E-state index contributed by atoms with van der Waals surface area (Å²) in [6, 6.07) is 5.42. The molecule has 0 radical (unpaired) electrons. The first kappa shape index (κ1) is 13.7. The fraction of sp³-hybridized carbons (Fsp3) is 0.538. The molecule has 16 heavy (non-hydrogen) atoms. The first-order valence-corrected chi connectivity index (χ1v) is 6.52. The van der Waals surface area contributed by atoms with Gasteiger partial charge >= 0.3 is 0 Å². The summed E-state index contributed by atoms with van der Waals surface area (Å²) >= 11 is 3.21. The lowest BCUT2D eigenvalue weighted by Crippen LogP contribution is -2.24. The Kier molecular flexibility index (Phi) is 5.42. The van der Waals surface area contributed by atoms with Crippen molar-refractivity contribution >= 4 is 15.9 Å². The van der Waals surface area contributed by atoms with Gasteiger partial charge in [-0.2, -0.15) is 0 Å². The van der Waals surface area contributed by atoms with Crippen LogP contribution in [0, 0.1) is 11.7 Å². The Hall–Kier alpha value is -0.410. The molecule has 0 bridgehead atoms. The van der Waals surface area contributed by atoms with Crippen LogP contribution in [-0.2, 0) is 0 Å². The maximum absolute atomic E-state index is 13.1. The van der Waals surface area contributed by atoms with Crippen molar-refractivity contribution in [3.05, 3.63) is 34.1 Å². The molecule has 0 saturated heterocycles. The van der Waals surface area contributed by atoms with Gasteiger partial charge in [0.2, 0.25) is 0 Å². The molecule has 3 heteroatoms. The Labute approximate surface area is 106 Å². The minimum atomic E-state index is -0.210. The topological polar surface area (TPSA) is 12.0 Å². The van der Waals surface area contributed by atoms with Gasteiger partial charge in [0.05, 0.1) is 4.47 Å². The van der Waals surface area contributed by atoms with E-state index in [1.54, 1.807) is 0 Å². The van der Waals surface area contributed by atoms with E-state index in [4.69, 9.17) is 0 Å². The van der Waals surface area contributed by atoms with Crippen molar-refractivity contribution in [3.63, 3.8) is 0 Å². The summed E-state index contributed by atoms with van der Waals surface area (Å²) in [5.74, 6) is 0.462. The number of hydrogen-bond acceptors (Lipinski definition) is 1. The summed E-state index contributed by atoms with van der Waals surface area (Å²) < 4.78 is 13.6. The zero-order valence-electron chi connectivity index (χ0n) is 10.1. The molecular formula is C13H19BrFN. The molecule has 1 aromatic rings. The lowest BCUT2D eigenvalue weighted by atomic mass is 10.1. The molecule has 0 amide bonds. The quantitative estimate of drug-likeness (QED) is 0.852. The van der Waals surface area contributed by atoms with Crippen molar-refractivity contribution in [1.82, 2.24) is 5.32 Å². The van der Waals surface area contributed by atoms with Crippen molar-refractivity contribution in [2.75, 3.05) is 6.54 Å². The summed E-state index contributed by atoms with van der Waals surface area (Å²) in [4.78, 5) is 0. The average molecular weight is 288 g/mol. The maximum atomic E-state index is 13.1. The molecular weight excluding hydrogens is 269 g/mol. The first-order chi connectivity index (χ1) is 7.54. The zero-order chi connectivity index (χ0) is 12.1. The van der Waals surface area contributed by atoms with Gasteiger partial charge in [-0.25, -0.2) is 4.39 Å². The summed E-state index contributed by atoms with van der Waals surface area (Å²) in [7, 11) is 0. The molecule has 2 atom stereocenters. The summed E-state index contributed by atoms with van der Waals surface area (Å²) in [5, 5.41) is 3.45. The van der Waals surface area contributed by atoms with Gasteiger partial charge in [-0.1, -0.05) is 26.3 Å². The molecule has 1 rings (SSSR count). The SMILES string of the molecule is CCC(C)CNC(C)c1ccc(F)c(Br)c1. The predicted octanol–water partition coefficient (Wildman–Crippen LogP) is 4.28. The van der Waals surface area contributed by atoms with Gasteiger partial charge < -0.3 is 5.32 Å². The lowest BCUT2D eigenvalue weighted by Gasteiger charge is -2.17. The van der Waals surface area contributed by atoms with E-state index in [1.165, 1.54) is 12.5 Å². The number of halogens is 2. The van der Waals surface area contributed by atoms with Crippen molar-refractivity contribution in [2.45, 2.75) is 33.2 Å². The molecule has 1 nitrogen and oxygen atoms in total. The van der Waals surface area contributed by atoms with Crippen molar-refractivity contribution < 1.29 is 4.39 Å². The number of rotatable bonds is 5. The second-order valence-corrected chi connectivity index (χ2v) is 5.17. The van der Waals surface area contributed by atoms with Crippen LogP contribution in [0.4, 0.5) is 4.39 Å². The molecule has 0 saturated carbocycles. The van der Waals surface area contributed by atoms with E-state index in [-0.39, 0.29) is 11.9 Å². The van der Waals surface area contributed by atoms with Crippen LogP contribution in [0.15, 0.2) is 22.7 Å². The minimum Gasteiger partial charge on any atom is -0.310 e. The average Bonchev–Trinajstić information content (AvgIpc) is 2.29. The Morgan fingerprint density at radius 3 is 2.62 bits per heavy atom. The van der Waals surface area contributed by atoms with E-state index in [1.807, 2.05) is 12.1 Å². The van der Waals surface area contributed by atoms with E-state index in [0.29, 0.717) is 10.4 Å². The molecule has 1 aromatic carbocycles. The van der Waals surface area contributed by atoms with Crippen LogP contribution in [0.1, 0.15) is 38.8 Å². The molecule has 0 fully saturated rings. The Balaban J connectivity index is 2.59. The Morgan fingerprint density at radius 2 is 2.06 bits per heavy atom. The van der Waals surface area contributed by atoms with Crippen LogP contribution in [0.2, 0.25) is 0 Å². The van der Waals surface area contributed by atoms with E-state index in [2.05, 4.69) is 42.0 Å². The Bertz CT molecular complexity index is 341. The van der Waals surface area contributed by atoms with E-state index in [0.717, 1.165) is 12.1 Å². The molecule has 0 spiro atoms. The molecule has 2 unspecified atom stereocenters. The smallest absolute Gasteiger partial charge is 0.137 e. The van der Waals surface area contributed by atoms with Crippen LogP contribution in [0.5, 0.6) is 0 Å². The van der Waals surface area contributed by atoms with Gasteiger partial charge in [-0.05, 0) is 53.0 Å². The molecule has 0 aromatic heterocycles. The fourth-order valence-corrected chi connectivity index (χ4v) is 1.82. The summed E-state index contributed by atoms with van der Waals surface area (Å²) in [6.45, 7) is 7.50. The van der Waals surface area contributed by atoms with Crippen molar-refractivity contribution in [3.8, 4) is 0 Å². The Morgan fingerprint density at radius 1 is 1.38 bits per heavy atom. The number of benzene rings is 1. The van der Waals surface area contributed by atoms with E-state index < -0.39 is 0 Å². The highest BCUT2D eigenvalue weighted by Crippen LogP contribution is 2.21. The standard InChI is InChI=1S/C13H19BrFN/c1-4-9(2)8-16-10(3)11-5-6-13(15)12(14)7-11/h5-7,9-10,16H,4,8H2,1-3H3. The third kappa shape index (κ3) is 3.87. The highest BCUT2D eigenvalue weighted by molar-refractivity contribution is 9.10. The van der Waals surface area contributed by atoms with Gasteiger partial charge in [0.25, 0.3) is 0 Å². The fourth-order valence-electron chi connectivity index (χ4n) is 1.42. The first-order valence-electron chi connectivity index (χ1n) is 5.73. The third-order valence-corrected chi connectivity index (χ3v) is 3.52. The maximum Gasteiger partial charge on any atom is 0.137 e. The lowest BCUT2D eigenvalue weighted by molar-refractivity contribution is 0.460. The van der Waals surface area contributed by atoms with E-state index in [9.17, 15) is 4.39 Å². The second kappa shape index (κ2) is 6.36. The van der Waals surface area contributed by atoms with Crippen LogP contribution in [0.3, 0.4) is 0 Å². The largest absolute Gasteiger partial charge is 0.310 e. The van der Waals surface area contributed by atoms with Gasteiger partial charge in [-0.15, -0.1) is 0 Å². The molecule has 0 aliphatic carbocycles. The van der Waals surface area contributed by atoms with Crippen molar-refractivity contribution in [2.24, 2.45) is 5.92 Å². The minimum absolute atomic E-state index is 0.210. The molecule has 90 valence electrons. The number of hydrogen-bond donors (Lipinski definition) is 1. The third-order valence-electron chi connectivity index (χ3n) is 2.91. The van der Waals surface area contributed by atoms with Crippen LogP contribution < -0.4 is 5.32 Å². The zero-order valence-corrected chi connectivity index (χ0v) is 11.6. The monoisotopic (exact) mass is 287 g/mol. The molecule has 1 N–H and O–H groups in total. The summed E-state index contributed by atoms with van der Waals surface area (Å²) in [5.41, 5.74) is 1.11. The van der Waals surface area contributed by atoms with Crippen LogP contribution >= 0.6 is 15.9 Å². The predicted molar refractivity (Wildman–Crippen MR) is 70.0 cm³/mol. The summed E-state index contributed by atoms with van der Waals surface area (Å²) in [6.07, 6.45) is 1.17.